The standard InChI is InChI=1S/C10H11FN4O/c11-7-5-6(1-2-8(7)16)10-13-9(3-4-12)14-15-10/h1-2,5,16H,3-4,12H2,(H,13,14,15). The Bertz CT molecular complexity index is 497. The Morgan fingerprint density at radius 3 is 2.94 bits per heavy atom. The average molecular weight is 222 g/mol. The highest BCUT2D eigenvalue weighted by atomic mass is 19.1. The van der Waals surface area contributed by atoms with Crippen LogP contribution in [0.2, 0.25) is 0 Å². The van der Waals surface area contributed by atoms with Crippen LogP contribution in [-0.4, -0.2) is 26.8 Å². The Morgan fingerprint density at radius 1 is 1.44 bits per heavy atom. The Balaban J connectivity index is 2.31. The van der Waals surface area contributed by atoms with Crippen LogP contribution < -0.4 is 5.73 Å². The van der Waals surface area contributed by atoms with Crippen molar-refractivity contribution in [2.75, 3.05) is 6.54 Å². The molecule has 0 saturated carbocycles. The molecule has 5 nitrogen and oxygen atoms in total. The molecule has 0 aliphatic rings. The third kappa shape index (κ3) is 2.01. The zero-order valence-electron chi connectivity index (χ0n) is 8.44. The monoisotopic (exact) mass is 222 g/mol. The van der Waals surface area contributed by atoms with Gasteiger partial charge in [-0.1, -0.05) is 0 Å². The molecule has 0 atom stereocenters. The first kappa shape index (κ1) is 10.6. The molecule has 0 saturated heterocycles. The van der Waals surface area contributed by atoms with Crippen molar-refractivity contribution in [3.05, 3.63) is 29.8 Å². The number of benzene rings is 1. The zero-order chi connectivity index (χ0) is 11.5. The lowest BCUT2D eigenvalue weighted by Gasteiger charge is -1.97. The second-order valence-electron chi connectivity index (χ2n) is 3.31. The topological polar surface area (TPSA) is 87.8 Å². The normalized spacial score (nSPS) is 10.6. The van der Waals surface area contributed by atoms with E-state index in [2.05, 4.69) is 15.2 Å². The van der Waals surface area contributed by atoms with Crippen LogP contribution >= 0.6 is 0 Å². The summed E-state index contributed by atoms with van der Waals surface area (Å²) in [5.41, 5.74) is 5.88. The zero-order valence-corrected chi connectivity index (χ0v) is 8.44. The van der Waals surface area contributed by atoms with Gasteiger partial charge in [0.2, 0.25) is 0 Å². The molecule has 2 rings (SSSR count). The molecule has 0 unspecified atom stereocenters. The van der Waals surface area contributed by atoms with Crippen LogP contribution in [0.3, 0.4) is 0 Å². The van der Waals surface area contributed by atoms with Gasteiger partial charge in [-0.2, -0.15) is 5.10 Å². The highest BCUT2D eigenvalue weighted by molar-refractivity contribution is 5.56. The van der Waals surface area contributed by atoms with Crippen molar-refractivity contribution in [2.24, 2.45) is 5.73 Å². The summed E-state index contributed by atoms with van der Waals surface area (Å²) < 4.78 is 13.1. The quantitative estimate of drug-likeness (QED) is 0.717. The summed E-state index contributed by atoms with van der Waals surface area (Å²) in [5, 5.41) is 15.7. The van der Waals surface area contributed by atoms with Crippen molar-refractivity contribution in [1.82, 2.24) is 15.2 Å². The van der Waals surface area contributed by atoms with Gasteiger partial charge in [-0.15, -0.1) is 0 Å². The summed E-state index contributed by atoms with van der Waals surface area (Å²) in [6.07, 6.45) is 0.591. The fourth-order valence-electron chi connectivity index (χ4n) is 1.32. The van der Waals surface area contributed by atoms with E-state index in [1.165, 1.54) is 12.1 Å². The molecule has 2 aromatic rings. The number of hydrogen-bond acceptors (Lipinski definition) is 4. The highest BCUT2D eigenvalue weighted by Crippen LogP contribution is 2.22. The number of phenols is 1. The van der Waals surface area contributed by atoms with Crippen LogP contribution in [0.5, 0.6) is 5.75 Å². The van der Waals surface area contributed by atoms with Gasteiger partial charge < -0.3 is 10.8 Å². The van der Waals surface area contributed by atoms with Crippen molar-refractivity contribution < 1.29 is 9.50 Å². The van der Waals surface area contributed by atoms with Gasteiger partial charge >= 0.3 is 0 Å². The van der Waals surface area contributed by atoms with Gasteiger partial charge in [-0.3, -0.25) is 5.10 Å². The summed E-state index contributed by atoms with van der Waals surface area (Å²) in [6.45, 7) is 0.471. The van der Waals surface area contributed by atoms with E-state index in [1.807, 2.05) is 0 Å². The van der Waals surface area contributed by atoms with Crippen molar-refractivity contribution in [3.63, 3.8) is 0 Å². The number of rotatable bonds is 3. The summed E-state index contributed by atoms with van der Waals surface area (Å²) >= 11 is 0. The third-order valence-corrected chi connectivity index (χ3v) is 2.12. The maximum atomic E-state index is 13.1. The molecule has 1 aromatic carbocycles. The molecular weight excluding hydrogens is 211 g/mol. The molecule has 84 valence electrons. The molecule has 6 heteroatoms. The smallest absolute Gasteiger partial charge is 0.181 e. The molecule has 0 aliphatic carbocycles. The number of nitrogens with zero attached hydrogens (tertiary/aromatic N) is 2. The number of phenolic OH excluding ortho intramolecular Hbond substituents is 1. The molecule has 0 radical (unpaired) electrons. The minimum atomic E-state index is -0.692. The number of aromatic amines is 1. The van der Waals surface area contributed by atoms with Crippen LogP contribution in [-0.2, 0) is 6.42 Å². The van der Waals surface area contributed by atoms with E-state index in [4.69, 9.17) is 10.8 Å². The van der Waals surface area contributed by atoms with Crippen LogP contribution in [0.4, 0.5) is 4.39 Å². The number of nitrogens with one attached hydrogen (secondary N) is 1. The van der Waals surface area contributed by atoms with E-state index in [9.17, 15) is 4.39 Å². The number of hydrogen-bond donors (Lipinski definition) is 3. The molecule has 16 heavy (non-hydrogen) atoms. The Hall–Kier alpha value is -1.95. The van der Waals surface area contributed by atoms with E-state index in [-0.39, 0.29) is 5.75 Å². The number of aromatic hydroxyl groups is 1. The summed E-state index contributed by atoms with van der Waals surface area (Å²) in [5.74, 6) is -0.0301. The summed E-state index contributed by atoms with van der Waals surface area (Å²) in [4.78, 5) is 4.15. The molecule has 1 aromatic heterocycles. The second kappa shape index (κ2) is 4.28. The molecule has 0 aliphatic heterocycles. The molecule has 0 bridgehead atoms. The molecule has 0 amide bonds. The van der Waals surface area contributed by atoms with E-state index in [0.717, 1.165) is 0 Å². The second-order valence-corrected chi connectivity index (χ2v) is 3.31. The maximum Gasteiger partial charge on any atom is 0.181 e. The molecule has 4 N–H and O–H groups in total. The summed E-state index contributed by atoms with van der Waals surface area (Å²) in [6, 6.07) is 4.00. The van der Waals surface area contributed by atoms with Gasteiger partial charge in [-0.25, -0.2) is 9.37 Å². The van der Waals surface area contributed by atoms with Gasteiger partial charge in [0.05, 0.1) is 0 Å². The first-order valence-corrected chi connectivity index (χ1v) is 4.81. The van der Waals surface area contributed by atoms with E-state index in [0.29, 0.717) is 30.2 Å². The molecule has 1 heterocycles. The van der Waals surface area contributed by atoms with Gasteiger partial charge in [-0.05, 0) is 24.7 Å². The van der Waals surface area contributed by atoms with Crippen LogP contribution in [0.1, 0.15) is 5.82 Å². The molecule has 0 spiro atoms. The first-order valence-electron chi connectivity index (χ1n) is 4.81. The molecule has 0 fully saturated rings. The maximum absolute atomic E-state index is 13.1. The van der Waals surface area contributed by atoms with Gasteiger partial charge in [0.15, 0.2) is 17.4 Å². The van der Waals surface area contributed by atoms with Crippen molar-refractivity contribution in [1.29, 1.82) is 0 Å². The number of H-pyrrole nitrogens is 1. The van der Waals surface area contributed by atoms with Crippen LogP contribution in [0.25, 0.3) is 11.4 Å². The fourth-order valence-corrected chi connectivity index (χ4v) is 1.32. The van der Waals surface area contributed by atoms with E-state index < -0.39 is 5.82 Å². The Kier molecular flexibility index (Phi) is 2.82. The predicted molar refractivity (Wildman–Crippen MR) is 56.2 cm³/mol. The van der Waals surface area contributed by atoms with Crippen molar-refractivity contribution in [3.8, 4) is 17.1 Å². The number of nitrogens with two attached hydrogens (primary N) is 1. The highest BCUT2D eigenvalue weighted by Gasteiger charge is 2.08. The van der Waals surface area contributed by atoms with Gasteiger partial charge in [0.1, 0.15) is 5.82 Å². The number of aromatic nitrogens is 3. The summed E-state index contributed by atoms with van der Waals surface area (Å²) in [7, 11) is 0. The molecular formula is C10H11FN4O. The Labute approximate surface area is 91.1 Å². The van der Waals surface area contributed by atoms with Gasteiger partial charge in [0, 0.05) is 12.0 Å². The van der Waals surface area contributed by atoms with Crippen LogP contribution in [0, 0.1) is 5.82 Å². The van der Waals surface area contributed by atoms with Gasteiger partial charge in [0.25, 0.3) is 0 Å². The third-order valence-electron chi connectivity index (χ3n) is 2.12. The van der Waals surface area contributed by atoms with E-state index in [1.54, 1.807) is 6.07 Å². The fraction of sp³-hybridized carbons (Fsp3) is 0.200. The lowest BCUT2D eigenvalue weighted by Crippen LogP contribution is -2.03. The average Bonchev–Trinajstić information content (AvgIpc) is 2.71. The minimum Gasteiger partial charge on any atom is -0.505 e. The lowest BCUT2D eigenvalue weighted by atomic mass is 10.2. The number of halogens is 1. The first-order chi connectivity index (χ1) is 7.70. The van der Waals surface area contributed by atoms with Crippen molar-refractivity contribution in [2.45, 2.75) is 6.42 Å². The van der Waals surface area contributed by atoms with E-state index >= 15 is 0 Å². The van der Waals surface area contributed by atoms with Crippen molar-refractivity contribution >= 4 is 0 Å². The largest absolute Gasteiger partial charge is 0.505 e. The minimum absolute atomic E-state index is 0.388. The predicted octanol–water partition coefficient (Wildman–Crippen LogP) is 0.818. The van der Waals surface area contributed by atoms with Crippen LogP contribution in [0.15, 0.2) is 18.2 Å². The SMILES string of the molecule is NCCc1nc(-c2ccc(O)c(F)c2)n[nH]1. The Morgan fingerprint density at radius 2 is 2.25 bits per heavy atom. The lowest BCUT2D eigenvalue weighted by molar-refractivity contribution is 0.432.